The van der Waals surface area contributed by atoms with Crippen molar-refractivity contribution in [3.63, 3.8) is 0 Å². The normalized spacial score (nSPS) is 10.8. The Kier molecular flexibility index (Phi) is 6.45. The van der Waals surface area contributed by atoms with E-state index in [0.717, 1.165) is 40.2 Å². The molecule has 0 spiro atoms. The molecule has 0 aliphatic rings. The number of para-hydroxylation sites is 1. The van der Waals surface area contributed by atoms with Gasteiger partial charge in [-0.1, -0.05) is 66.4 Å². The summed E-state index contributed by atoms with van der Waals surface area (Å²) in [6, 6.07) is 29.0. The molecule has 4 rings (SSSR count). The minimum Gasteiger partial charge on any atom is -0.381 e. The predicted molar refractivity (Wildman–Crippen MR) is 126 cm³/mol. The number of thioether (sulfide) groups is 1. The number of anilines is 1. The van der Waals surface area contributed by atoms with Crippen LogP contribution in [0.4, 0.5) is 5.69 Å². The van der Waals surface area contributed by atoms with E-state index < -0.39 is 0 Å². The first-order valence-electron chi connectivity index (χ1n) is 10.1. The van der Waals surface area contributed by atoms with Crippen molar-refractivity contribution in [2.75, 3.05) is 5.32 Å². The molecule has 3 nitrogen and oxygen atoms in total. The third-order valence-electron chi connectivity index (χ3n) is 4.96. The van der Waals surface area contributed by atoms with Gasteiger partial charge in [0.1, 0.15) is 0 Å². The summed E-state index contributed by atoms with van der Waals surface area (Å²) in [5, 5.41) is 4.78. The van der Waals surface area contributed by atoms with Crippen molar-refractivity contribution in [2.45, 2.75) is 31.2 Å². The lowest BCUT2D eigenvalue weighted by Crippen LogP contribution is -2.02. The highest BCUT2D eigenvalue weighted by Gasteiger charge is 2.06. The molecule has 0 saturated heterocycles. The van der Waals surface area contributed by atoms with E-state index in [9.17, 15) is 4.79 Å². The van der Waals surface area contributed by atoms with Gasteiger partial charge in [0.2, 0.25) is 0 Å². The number of nitrogens with one attached hydrogen (secondary N) is 1. The van der Waals surface area contributed by atoms with Crippen LogP contribution in [0.25, 0.3) is 10.9 Å². The number of rotatable bonds is 7. The van der Waals surface area contributed by atoms with Crippen LogP contribution in [0.1, 0.15) is 23.7 Å². The van der Waals surface area contributed by atoms with E-state index in [4.69, 9.17) is 4.98 Å². The van der Waals surface area contributed by atoms with Crippen LogP contribution in [0.3, 0.4) is 0 Å². The van der Waals surface area contributed by atoms with Gasteiger partial charge in [-0.2, -0.15) is 0 Å². The SMILES string of the molecule is CC(=O)Sc1ccccc1CNc1cccc(CCc2ccc3ccccc3n2)c1. The number of carbonyl (C=O) groups excluding carboxylic acids is 1. The zero-order chi connectivity index (χ0) is 20.8. The van der Waals surface area contributed by atoms with Crippen molar-refractivity contribution in [3.05, 3.63) is 102 Å². The zero-order valence-corrected chi connectivity index (χ0v) is 17.8. The second kappa shape index (κ2) is 9.59. The molecule has 1 N–H and O–H groups in total. The molecule has 0 amide bonds. The number of hydrogen-bond acceptors (Lipinski definition) is 4. The van der Waals surface area contributed by atoms with E-state index >= 15 is 0 Å². The van der Waals surface area contributed by atoms with E-state index in [0.29, 0.717) is 6.54 Å². The fourth-order valence-electron chi connectivity index (χ4n) is 3.46. The molecular weight excluding hydrogens is 388 g/mol. The number of aryl methyl sites for hydroxylation is 2. The molecule has 30 heavy (non-hydrogen) atoms. The molecule has 0 aliphatic heterocycles. The van der Waals surface area contributed by atoms with Gasteiger partial charge in [-0.05, 0) is 54.3 Å². The van der Waals surface area contributed by atoms with E-state index in [2.05, 4.69) is 59.9 Å². The van der Waals surface area contributed by atoms with Crippen molar-refractivity contribution in [1.82, 2.24) is 4.98 Å². The van der Waals surface area contributed by atoms with Crippen LogP contribution in [0.15, 0.2) is 89.8 Å². The van der Waals surface area contributed by atoms with Crippen LogP contribution in [-0.4, -0.2) is 10.1 Å². The summed E-state index contributed by atoms with van der Waals surface area (Å²) in [4.78, 5) is 17.3. The lowest BCUT2D eigenvalue weighted by molar-refractivity contribution is -0.109. The Balaban J connectivity index is 1.40. The van der Waals surface area contributed by atoms with Gasteiger partial charge in [-0.3, -0.25) is 9.78 Å². The van der Waals surface area contributed by atoms with Gasteiger partial charge in [0.15, 0.2) is 5.12 Å². The number of hydrogen-bond donors (Lipinski definition) is 1. The molecule has 4 heteroatoms. The maximum atomic E-state index is 11.5. The van der Waals surface area contributed by atoms with E-state index in [1.54, 1.807) is 6.92 Å². The molecule has 150 valence electrons. The Hall–Kier alpha value is -3.11. The summed E-state index contributed by atoms with van der Waals surface area (Å²) in [6.07, 6.45) is 1.85. The van der Waals surface area contributed by atoms with E-state index in [1.165, 1.54) is 22.7 Å². The number of carbonyl (C=O) groups is 1. The first-order valence-corrected chi connectivity index (χ1v) is 10.9. The number of fused-ring (bicyclic) bond motifs is 1. The smallest absolute Gasteiger partial charge is 0.190 e. The van der Waals surface area contributed by atoms with Crippen LogP contribution in [-0.2, 0) is 24.2 Å². The average molecular weight is 413 g/mol. The van der Waals surface area contributed by atoms with Gasteiger partial charge in [-0.25, -0.2) is 0 Å². The molecule has 1 aromatic heterocycles. The third kappa shape index (κ3) is 5.28. The summed E-state index contributed by atoms with van der Waals surface area (Å²) in [5.41, 5.74) is 5.65. The van der Waals surface area contributed by atoms with Gasteiger partial charge in [0, 0.05) is 35.1 Å². The number of pyridine rings is 1. The molecule has 4 aromatic rings. The standard InChI is InChI=1S/C26H24N2OS/c1-19(29)30-26-12-5-3-9-22(26)18-27-24-10-6-7-20(17-24)13-15-23-16-14-21-8-2-4-11-25(21)28-23/h2-12,14,16-17,27H,13,15,18H2,1H3. The van der Waals surface area contributed by atoms with Crippen LogP contribution in [0, 0.1) is 0 Å². The topological polar surface area (TPSA) is 42.0 Å². The average Bonchev–Trinajstić information content (AvgIpc) is 2.77. The molecular formula is C26H24N2OS. The summed E-state index contributed by atoms with van der Waals surface area (Å²) in [5.74, 6) is 0. The highest BCUT2D eigenvalue weighted by atomic mass is 32.2. The molecule has 0 fully saturated rings. The summed E-state index contributed by atoms with van der Waals surface area (Å²) < 4.78 is 0. The Morgan fingerprint density at radius 1 is 0.900 bits per heavy atom. The minimum absolute atomic E-state index is 0.103. The summed E-state index contributed by atoms with van der Waals surface area (Å²) in [7, 11) is 0. The predicted octanol–water partition coefficient (Wildman–Crippen LogP) is 6.27. The monoisotopic (exact) mass is 412 g/mol. The highest BCUT2D eigenvalue weighted by Crippen LogP contribution is 2.24. The Labute approximate surface area is 181 Å². The van der Waals surface area contributed by atoms with Gasteiger partial charge in [-0.15, -0.1) is 0 Å². The molecule has 0 unspecified atom stereocenters. The second-order valence-corrected chi connectivity index (χ2v) is 8.47. The number of aromatic nitrogens is 1. The molecule has 0 atom stereocenters. The number of benzene rings is 3. The van der Waals surface area contributed by atoms with Crippen molar-refractivity contribution < 1.29 is 4.79 Å². The highest BCUT2D eigenvalue weighted by molar-refractivity contribution is 8.13. The van der Waals surface area contributed by atoms with Crippen molar-refractivity contribution in [1.29, 1.82) is 0 Å². The van der Waals surface area contributed by atoms with Crippen LogP contribution in [0.2, 0.25) is 0 Å². The van der Waals surface area contributed by atoms with E-state index in [-0.39, 0.29) is 5.12 Å². The first-order chi connectivity index (χ1) is 14.7. The molecule has 0 radical (unpaired) electrons. The van der Waals surface area contributed by atoms with Crippen LogP contribution in [0.5, 0.6) is 0 Å². The third-order valence-corrected chi connectivity index (χ3v) is 5.87. The van der Waals surface area contributed by atoms with Crippen molar-refractivity contribution in [3.8, 4) is 0 Å². The largest absolute Gasteiger partial charge is 0.381 e. The molecule has 3 aromatic carbocycles. The van der Waals surface area contributed by atoms with E-state index in [1.807, 2.05) is 30.3 Å². The lowest BCUT2D eigenvalue weighted by Gasteiger charge is -2.11. The zero-order valence-electron chi connectivity index (χ0n) is 17.0. The Morgan fingerprint density at radius 3 is 2.63 bits per heavy atom. The van der Waals surface area contributed by atoms with Gasteiger partial charge in [0.05, 0.1) is 5.52 Å². The maximum Gasteiger partial charge on any atom is 0.190 e. The van der Waals surface area contributed by atoms with Crippen LogP contribution < -0.4 is 5.32 Å². The fraction of sp³-hybridized carbons (Fsp3) is 0.154. The second-order valence-electron chi connectivity index (χ2n) is 7.25. The fourth-order valence-corrected chi connectivity index (χ4v) is 4.19. The summed E-state index contributed by atoms with van der Waals surface area (Å²) in [6.45, 7) is 2.29. The van der Waals surface area contributed by atoms with Crippen molar-refractivity contribution >= 4 is 33.5 Å². The Morgan fingerprint density at radius 2 is 1.73 bits per heavy atom. The van der Waals surface area contributed by atoms with Gasteiger partial charge in [0.25, 0.3) is 0 Å². The lowest BCUT2D eigenvalue weighted by atomic mass is 10.1. The maximum absolute atomic E-state index is 11.5. The molecule has 0 saturated carbocycles. The van der Waals surface area contributed by atoms with Crippen molar-refractivity contribution in [2.24, 2.45) is 0 Å². The molecule has 1 heterocycles. The number of nitrogens with zero attached hydrogens (tertiary/aromatic N) is 1. The van der Waals surface area contributed by atoms with Gasteiger partial charge < -0.3 is 5.32 Å². The first kappa shape index (κ1) is 20.2. The van der Waals surface area contributed by atoms with Gasteiger partial charge >= 0.3 is 0 Å². The Bertz CT molecular complexity index is 1170. The van der Waals surface area contributed by atoms with Crippen LogP contribution >= 0.6 is 11.8 Å². The minimum atomic E-state index is 0.103. The quantitative estimate of drug-likeness (QED) is 0.363. The molecule has 0 aliphatic carbocycles. The summed E-state index contributed by atoms with van der Waals surface area (Å²) >= 11 is 1.28. The molecule has 0 bridgehead atoms.